The molecule has 2 aromatic carbocycles. The SMILES string of the molecule is Cc1cccc(C)c1-n1c(=O)/c(=C\c2ccc(Cl)cc2Cl)s/c1=C(\C#N)C(=O)N1CCCC1. The number of nitrogens with zero attached hydrogens (tertiary/aromatic N) is 3. The molecule has 168 valence electrons. The van der Waals surface area contributed by atoms with Crippen LogP contribution in [0.4, 0.5) is 0 Å². The molecule has 1 saturated heterocycles. The minimum Gasteiger partial charge on any atom is -0.338 e. The van der Waals surface area contributed by atoms with Crippen LogP contribution in [0.2, 0.25) is 10.0 Å². The number of nitriles is 1. The number of carbonyl (C=O) groups excluding carboxylic acids is 1. The topological polar surface area (TPSA) is 66.1 Å². The Morgan fingerprint density at radius 3 is 2.39 bits per heavy atom. The van der Waals surface area contributed by atoms with E-state index >= 15 is 0 Å². The van der Waals surface area contributed by atoms with Crippen LogP contribution in [-0.2, 0) is 4.79 Å². The number of hydrogen-bond acceptors (Lipinski definition) is 4. The van der Waals surface area contributed by atoms with Crippen molar-refractivity contribution < 1.29 is 4.79 Å². The molecular weight excluding hydrogens is 477 g/mol. The van der Waals surface area contributed by atoms with Gasteiger partial charge in [-0.15, -0.1) is 11.3 Å². The Labute approximate surface area is 205 Å². The van der Waals surface area contributed by atoms with Crippen LogP contribution in [0.5, 0.6) is 0 Å². The van der Waals surface area contributed by atoms with Crippen molar-refractivity contribution in [3.63, 3.8) is 0 Å². The predicted octanol–water partition coefficient (Wildman–Crippen LogP) is 3.95. The van der Waals surface area contributed by atoms with Gasteiger partial charge in [0.15, 0.2) is 5.57 Å². The molecule has 0 radical (unpaired) electrons. The molecular formula is C25H21Cl2N3O2S. The summed E-state index contributed by atoms with van der Waals surface area (Å²) in [6.07, 6.45) is 3.49. The average molecular weight is 498 g/mol. The van der Waals surface area contributed by atoms with E-state index in [4.69, 9.17) is 23.2 Å². The van der Waals surface area contributed by atoms with E-state index in [-0.39, 0.29) is 17.0 Å². The summed E-state index contributed by atoms with van der Waals surface area (Å²) in [7, 11) is 0. The number of rotatable bonds is 3. The second kappa shape index (κ2) is 9.56. The first kappa shape index (κ1) is 23.3. The van der Waals surface area contributed by atoms with Gasteiger partial charge in [-0.1, -0.05) is 47.5 Å². The number of carbonyl (C=O) groups is 1. The van der Waals surface area contributed by atoms with Crippen molar-refractivity contribution in [3.8, 4) is 11.8 Å². The Bertz CT molecular complexity index is 1450. The number of amides is 1. The fourth-order valence-corrected chi connectivity index (χ4v) is 5.57. The molecule has 0 aliphatic carbocycles. The van der Waals surface area contributed by atoms with E-state index in [1.54, 1.807) is 29.2 Å². The third-order valence-corrected chi connectivity index (χ3v) is 7.32. The molecule has 1 aliphatic rings. The average Bonchev–Trinajstić information content (AvgIpc) is 3.41. The van der Waals surface area contributed by atoms with Crippen LogP contribution in [0.3, 0.4) is 0 Å². The van der Waals surface area contributed by atoms with Gasteiger partial charge >= 0.3 is 0 Å². The van der Waals surface area contributed by atoms with Gasteiger partial charge < -0.3 is 4.90 Å². The maximum atomic E-state index is 13.7. The molecule has 0 spiro atoms. The zero-order valence-corrected chi connectivity index (χ0v) is 20.5. The monoisotopic (exact) mass is 497 g/mol. The maximum absolute atomic E-state index is 13.7. The van der Waals surface area contributed by atoms with E-state index in [0.29, 0.717) is 43.6 Å². The van der Waals surface area contributed by atoms with Crippen molar-refractivity contribution >= 4 is 52.1 Å². The van der Waals surface area contributed by atoms with Gasteiger partial charge in [-0.05, 0) is 61.6 Å². The van der Waals surface area contributed by atoms with Crippen LogP contribution >= 0.6 is 34.5 Å². The van der Waals surface area contributed by atoms with Crippen LogP contribution in [0.25, 0.3) is 17.3 Å². The summed E-state index contributed by atoms with van der Waals surface area (Å²) in [6, 6.07) is 12.9. The van der Waals surface area contributed by atoms with Gasteiger partial charge in [0.2, 0.25) is 0 Å². The second-order valence-electron chi connectivity index (χ2n) is 7.95. The molecule has 0 unspecified atom stereocenters. The number of thiazole rings is 1. The largest absolute Gasteiger partial charge is 0.338 e. The number of aryl methyl sites for hydroxylation is 2. The van der Waals surface area contributed by atoms with Gasteiger partial charge in [0, 0.05) is 23.1 Å². The summed E-state index contributed by atoms with van der Waals surface area (Å²) in [5.74, 6) is -0.340. The van der Waals surface area contributed by atoms with Crippen molar-refractivity contribution in [2.24, 2.45) is 0 Å². The van der Waals surface area contributed by atoms with E-state index in [1.807, 2.05) is 32.0 Å². The number of benzene rings is 2. The highest BCUT2D eigenvalue weighted by atomic mass is 35.5. The van der Waals surface area contributed by atoms with Crippen LogP contribution in [0.1, 0.15) is 29.5 Å². The first-order valence-corrected chi connectivity index (χ1v) is 12.1. The lowest BCUT2D eigenvalue weighted by atomic mass is 10.1. The Hall–Kier alpha value is -2.85. The Balaban J connectivity index is 2.09. The summed E-state index contributed by atoms with van der Waals surface area (Å²) >= 11 is 13.5. The molecule has 0 bridgehead atoms. The van der Waals surface area contributed by atoms with Gasteiger partial charge in [-0.2, -0.15) is 5.26 Å². The van der Waals surface area contributed by atoms with Crippen LogP contribution in [0, 0.1) is 25.2 Å². The molecule has 0 N–H and O–H groups in total. The minimum atomic E-state index is -0.340. The lowest BCUT2D eigenvalue weighted by Crippen LogP contribution is -2.35. The molecule has 0 atom stereocenters. The van der Waals surface area contributed by atoms with Crippen LogP contribution < -0.4 is 14.8 Å². The van der Waals surface area contributed by atoms with E-state index < -0.39 is 0 Å². The molecule has 1 aromatic heterocycles. The zero-order chi connectivity index (χ0) is 23.7. The van der Waals surface area contributed by atoms with E-state index in [9.17, 15) is 14.9 Å². The fraction of sp³-hybridized carbons (Fsp3) is 0.240. The number of halogens is 2. The highest BCUT2D eigenvalue weighted by Gasteiger charge is 2.25. The molecule has 8 heteroatoms. The fourth-order valence-electron chi connectivity index (χ4n) is 4.04. The van der Waals surface area contributed by atoms with Crippen molar-refractivity contribution in [2.45, 2.75) is 26.7 Å². The molecule has 1 amide bonds. The number of aromatic nitrogens is 1. The highest BCUT2D eigenvalue weighted by Crippen LogP contribution is 2.22. The molecule has 1 fully saturated rings. The lowest BCUT2D eigenvalue weighted by Gasteiger charge is -2.15. The number of hydrogen-bond donors (Lipinski definition) is 0. The van der Waals surface area contributed by atoms with Gasteiger partial charge in [-0.25, -0.2) is 0 Å². The normalized spacial score (nSPS) is 15.0. The van der Waals surface area contributed by atoms with E-state index in [2.05, 4.69) is 6.07 Å². The first-order valence-electron chi connectivity index (χ1n) is 10.5. The lowest BCUT2D eigenvalue weighted by molar-refractivity contribution is -0.123. The zero-order valence-electron chi connectivity index (χ0n) is 18.2. The standard InChI is InChI=1S/C25H21Cl2N3O2S/c1-15-6-5-7-16(2)22(15)30-24(32)21(12-17-8-9-18(26)13-20(17)27)33-25(30)19(14-28)23(31)29-10-3-4-11-29/h5-9,12-13H,3-4,10-11H2,1-2H3/b21-12+,25-19+. The van der Waals surface area contributed by atoms with Crippen molar-refractivity contribution in [2.75, 3.05) is 13.1 Å². The van der Waals surface area contributed by atoms with Gasteiger partial charge in [0.05, 0.1) is 10.2 Å². The van der Waals surface area contributed by atoms with Crippen LogP contribution in [-0.4, -0.2) is 28.5 Å². The second-order valence-corrected chi connectivity index (χ2v) is 9.82. The Morgan fingerprint density at radius 2 is 1.79 bits per heavy atom. The summed E-state index contributed by atoms with van der Waals surface area (Å²) in [5.41, 5.74) is 2.72. The summed E-state index contributed by atoms with van der Waals surface area (Å²) in [4.78, 5) is 28.6. The smallest absolute Gasteiger partial charge is 0.273 e. The van der Waals surface area contributed by atoms with E-state index in [1.165, 1.54) is 4.57 Å². The van der Waals surface area contributed by atoms with Crippen LogP contribution in [0.15, 0.2) is 41.2 Å². The summed E-state index contributed by atoms with van der Waals surface area (Å²) < 4.78 is 2.20. The number of para-hydroxylation sites is 1. The third-order valence-electron chi connectivity index (χ3n) is 5.67. The third kappa shape index (κ3) is 4.49. The van der Waals surface area contributed by atoms with Crippen molar-refractivity contribution in [3.05, 3.63) is 82.7 Å². The molecule has 33 heavy (non-hydrogen) atoms. The Kier molecular flexibility index (Phi) is 6.76. The molecule has 2 heterocycles. The highest BCUT2D eigenvalue weighted by molar-refractivity contribution is 7.07. The first-order chi connectivity index (χ1) is 15.8. The van der Waals surface area contributed by atoms with E-state index in [0.717, 1.165) is 35.3 Å². The maximum Gasteiger partial charge on any atom is 0.273 e. The summed E-state index contributed by atoms with van der Waals surface area (Å²) in [6.45, 7) is 5.04. The van der Waals surface area contributed by atoms with Gasteiger partial charge in [-0.3, -0.25) is 14.2 Å². The molecule has 3 aromatic rings. The van der Waals surface area contributed by atoms with Gasteiger partial charge in [0.25, 0.3) is 11.5 Å². The number of likely N-dealkylation sites (tertiary alicyclic amines) is 1. The van der Waals surface area contributed by atoms with Gasteiger partial charge in [0.1, 0.15) is 10.7 Å². The minimum absolute atomic E-state index is 0.0245. The summed E-state index contributed by atoms with van der Waals surface area (Å²) in [5, 5.41) is 10.9. The predicted molar refractivity (Wildman–Crippen MR) is 134 cm³/mol. The Morgan fingerprint density at radius 1 is 1.12 bits per heavy atom. The van der Waals surface area contributed by atoms with Crippen molar-refractivity contribution in [1.82, 2.24) is 9.47 Å². The quantitative estimate of drug-likeness (QED) is 0.550. The van der Waals surface area contributed by atoms with Crippen molar-refractivity contribution in [1.29, 1.82) is 5.26 Å². The molecule has 4 rings (SSSR count). The molecule has 5 nitrogen and oxygen atoms in total. The molecule has 1 aliphatic heterocycles. The molecule has 0 saturated carbocycles.